The minimum atomic E-state index is 0.0366. The molecule has 1 saturated heterocycles. The second-order valence-corrected chi connectivity index (χ2v) is 4.39. The molecule has 0 aliphatic carbocycles. The van der Waals surface area contributed by atoms with Crippen LogP contribution in [0.25, 0.3) is 0 Å². The highest BCUT2D eigenvalue weighted by Gasteiger charge is 2.29. The molecule has 0 aromatic rings. The molecule has 90 valence electrons. The van der Waals surface area contributed by atoms with Crippen LogP contribution in [0, 0.1) is 0 Å². The van der Waals surface area contributed by atoms with Crippen molar-refractivity contribution in [3.63, 3.8) is 0 Å². The third-order valence-corrected chi connectivity index (χ3v) is 2.93. The molecule has 0 aromatic heterocycles. The van der Waals surface area contributed by atoms with Crippen molar-refractivity contribution in [1.29, 1.82) is 0 Å². The SMILES string of the molecule is CCCC/C=C1/NC(=S)N(CCCC)C1=O. The summed E-state index contributed by atoms with van der Waals surface area (Å²) in [4.78, 5) is 13.6. The van der Waals surface area contributed by atoms with Gasteiger partial charge in [0.25, 0.3) is 5.91 Å². The number of hydrogen-bond acceptors (Lipinski definition) is 2. The normalized spacial score (nSPS) is 18.4. The van der Waals surface area contributed by atoms with E-state index in [0.717, 1.165) is 38.6 Å². The average molecular weight is 240 g/mol. The van der Waals surface area contributed by atoms with Gasteiger partial charge in [0, 0.05) is 6.54 Å². The summed E-state index contributed by atoms with van der Waals surface area (Å²) in [6.45, 7) is 4.97. The van der Waals surface area contributed by atoms with Crippen LogP contribution in [-0.2, 0) is 4.79 Å². The molecule has 1 aliphatic heterocycles. The van der Waals surface area contributed by atoms with Crippen LogP contribution >= 0.6 is 12.2 Å². The number of allylic oxidation sites excluding steroid dienone is 1. The zero-order valence-electron chi connectivity index (χ0n) is 10.1. The number of hydrogen-bond donors (Lipinski definition) is 1. The molecule has 0 unspecified atom stereocenters. The van der Waals surface area contributed by atoms with Gasteiger partial charge in [-0.25, -0.2) is 0 Å². The van der Waals surface area contributed by atoms with Crippen LogP contribution in [0.4, 0.5) is 0 Å². The van der Waals surface area contributed by atoms with Gasteiger partial charge in [-0.15, -0.1) is 0 Å². The quantitative estimate of drug-likeness (QED) is 0.440. The first-order chi connectivity index (χ1) is 7.70. The van der Waals surface area contributed by atoms with E-state index in [1.165, 1.54) is 0 Å². The van der Waals surface area contributed by atoms with Gasteiger partial charge < -0.3 is 5.32 Å². The molecule has 1 aliphatic rings. The lowest BCUT2D eigenvalue weighted by molar-refractivity contribution is -0.122. The van der Waals surface area contributed by atoms with Gasteiger partial charge in [0.05, 0.1) is 0 Å². The molecule has 0 atom stereocenters. The topological polar surface area (TPSA) is 32.3 Å². The molecule has 0 bridgehead atoms. The zero-order valence-corrected chi connectivity index (χ0v) is 10.9. The zero-order chi connectivity index (χ0) is 12.0. The summed E-state index contributed by atoms with van der Waals surface area (Å²) >= 11 is 5.14. The fourth-order valence-electron chi connectivity index (χ4n) is 1.58. The number of thiocarbonyl (C=S) groups is 1. The molecular weight excluding hydrogens is 220 g/mol. The van der Waals surface area contributed by atoms with Crippen molar-refractivity contribution in [3.8, 4) is 0 Å². The van der Waals surface area contributed by atoms with Crippen molar-refractivity contribution >= 4 is 23.2 Å². The van der Waals surface area contributed by atoms with E-state index in [-0.39, 0.29) is 5.91 Å². The molecule has 0 spiro atoms. The summed E-state index contributed by atoms with van der Waals surface area (Å²) in [5, 5.41) is 3.55. The molecule has 1 fully saturated rings. The maximum Gasteiger partial charge on any atom is 0.276 e. The monoisotopic (exact) mass is 240 g/mol. The van der Waals surface area contributed by atoms with Crippen LogP contribution < -0.4 is 5.32 Å². The number of nitrogens with one attached hydrogen (secondary N) is 1. The summed E-state index contributed by atoms with van der Waals surface area (Å²) in [6.07, 6.45) is 7.22. The molecule has 1 N–H and O–H groups in total. The summed E-state index contributed by atoms with van der Waals surface area (Å²) in [5.74, 6) is 0.0366. The first kappa shape index (κ1) is 13.2. The third-order valence-electron chi connectivity index (χ3n) is 2.60. The summed E-state index contributed by atoms with van der Waals surface area (Å²) in [5.41, 5.74) is 0.662. The summed E-state index contributed by atoms with van der Waals surface area (Å²) < 4.78 is 0. The highest BCUT2D eigenvalue weighted by molar-refractivity contribution is 7.80. The Balaban J connectivity index is 2.55. The Bertz CT molecular complexity index is 299. The Morgan fingerprint density at radius 1 is 1.31 bits per heavy atom. The molecule has 1 rings (SSSR count). The fraction of sp³-hybridized carbons (Fsp3) is 0.667. The van der Waals surface area contributed by atoms with E-state index in [1.807, 2.05) is 6.08 Å². The van der Waals surface area contributed by atoms with Gasteiger partial charge in [-0.05, 0) is 31.5 Å². The standard InChI is InChI=1S/C12H20N2OS/c1-3-5-7-8-10-11(15)14(9-6-4-2)12(16)13-10/h8H,3-7,9H2,1-2H3,(H,13,16)/b10-8+. The van der Waals surface area contributed by atoms with Crippen LogP contribution in [0.1, 0.15) is 46.0 Å². The third kappa shape index (κ3) is 3.30. The van der Waals surface area contributed by atoms with E-state index < -0.39 is 0 Å². The molecule has 16 heavy (non-hydrogen) atoms. The Morgan fingerprint density at radius 3 is 2.62 bits per heavy atom. The van der Waals surface area contributed by atoms with Crippen LogP contribution in [-0.4, -0.2) is 22.5 Å². The second kappa shape index (κ2) is 6.63. The van der Waals surface area contributed by atoms with Crippen molar-refractivity contribution < 1.29 is 4.79 Å². The summed E-state index contributed by atoms with van der Waals surface area (Å²) in [6, 6.07) is 0. The van der Waals surface area contributed by atoms with Gasteiger partial charge in [-0.2, -0.15) is 0 Å². The predicted octanol–water partition coefficient (Wildman–Crippen LogP) is 2.58. The van der Waals surface area contributed by atoms with Crippen molar-refractivity contribution in [2.24, 2.45) is 0 Å². The minimum absolute atomic E-state index is 0.0366. The van der Waals surface area contributed by atoms with Crippen LogP contribution in [0.2, 0.25) is 0 Å². The smallest absolute Gasteiger partial charge is 0.276 e. The van der Waals surface area contributed by atoms with Gasteiger partial charge in [-0.3, -0.25) is 9.69 Å². The molecular formula is C12H20N2OS. The lowest BCUT2D eigenvalue weighted by atomic mass is 10.2. The van der Waals surface area contributed by atoms with Crippen molar-refractivity contribution in [2.45, 2.75) is 46.0 Å². The number of unbranched alkanes of at least 4 members (excludes halogenated alkanes) is 3. The highest BCUT2D eigenvalue weighted by atomic mass is 32.1. The van der Waals surface area contributed by atoms with E-state index in [1.54, 1.807) is 4.90 Å². The van der Waals surface area contributed by atoms with Gasteiger partial charge >= 0.3 is 0 Å². The number of rotatable bonds is 6. The number of carbonyl (C=O) groups excluding carboxylic acids is 1. The Labute approximate surface area is 103 Å². The van der Waals surface area contributed by atoms with Crippen molar-refractivity contribution in [1.82, 2.24) is 10.2 Å². The molecule has 0 radical (unpaired) electrons. The number of carbonyl (C=O) groups is 1. The van der Waals surface area contributed by atoms with Gasteiger partial charge in [-0.1, -0.05) is 32.8 Å². The second-order valence-electron chi connectivity index (χ2n) is 4.00. The van der Waals surface area contributed by atoms with Crippen molar-refractivity contribution in [3.05, 3.63) is 11.8 Å². The maximum atomic E-state index is 11.9. The van der Waals surface area contributed by atoms with Crippen LogP contribution in [0.3, 0.4) is 0 Å². The maximum absolute atomic E-state index is 11.9. The van der Waals surface area contributed by atoms with Gasteiger partial charge in [0.2, 0.25) is 0 Å². The minimum Gasteiger partial charge on any atom is -0.328 e. The van der Waals surface area contributed by atoms with E-state index in [9.17, 15) is 4.79 Å². The fourth-order valence-corrected chi connectivity index (χ4v) is 1.87. The lowest BCUT2D eigenvalue weighted by Crippen LogP contribution is -2.31. The average Bonchev–Trinajstić information content (AvgIpc) is 2.53. The van der Waals surface area contributed by atoms with Crippen LogP contribution in [0.15, 0.2) is 11.8 Å². The number of amides is 1. The van der Waals surface area contributed by atoms with E-state index in [4.69, 9.17) is 12.2 Å². The van der Waals surface area contributed by atoms with Gasteiger partial charge in [0.1, 0.15) is 5.70 Å². The van der Waals surface area contributed by atoms with Crippen LogP contribution in [0.5, 0.6) is 0 Å². The van der Waals surface area contributed by atoms with E-state index in [0.29, 0.717) is 10.8 Å². The predicted molar refractivity (Wildman–Crippen MR) is 70.0 cm³/mol. The first-order valence-corrected chi connectivity index (χ1v) is 6.44. The van der Waals surface area contributed by atoms with E-state index in [2.05, 4.69) is 19.2 Å². The highest BCUT2D eigenvalue weighted by Crippen LogP contribution is 2.12. The summed E-state index contributed by atoms with van der Waals surface area (Å²) in [7, 11) is 0. The molecule has 4 heteroatoms. The van der Waals surface area contributed by atoms with Gasteiger partial charge in [0.15, 0.2) is 5.11 Å². The molecule has 1 amide bonds. The number of nitrogens with zero attached hydrogens (tertiary/aromatic N) is 1. The van der Waals surface area contributed by atoms with E-state index >= 15 is 0 Å². The first-order valence-electron chi connectivity index (χ1n) is 6.03. The Kier molecular flexibility index (Phi) is 5.46. The Morgan fingerprint density at radius 2 is 2.00 bits per heavy atom. The molecule has 0 aromatic carbocycles. The van der Waals surface area contributed by atoms with Crippen molar-refractivity contribution in [2.75, 3.05) is 6.54 Å². The Hall–Kier alpha value is -0.900. The molecule has 1 heterocycles. The molecule has 0 saturated carbocycles. The lowest BCUT2D eigenvalue weighted by Gasteiger charge is -2.12. The largest absolute Gasteiger partial charge is 0.328 e. The molecule has 3 nitrogen and oxygen atoms in total.